The predicted octanol–water partition coefficient (Wildman–Crippen LogP) is -0.492. The smallest absolute Gasteiger partial charge is 0.101 e. The molecule has 9 heavy (non-hydrogen) atoms. The minimum atomic E-state index is 0. The van der Waals surface area contributed by atoms with Gasteiger partial charge in [-0.25, -0.2) is 0 Å². The molecule has 0 amide bonds. The first-order valence-corrected chi connectivity index (χ1v) is 2.47. The number of nitrogens with zero attached hydrogens (tertiary/aromatic N) is 1. The molecule has 0 aliphatic rings. The summed E-state index contributed by atoms with van der Waals surface area (Å²) in [7, 11) is 6.16. The normalized spacial score (nSPS) is 9.33. The largest absolute Gasteiger partial charge is 0.870 e. The third kappa shape index (κ3) is 17.6. The maximum absolute atomic E-state index is 8.39. The Bertz CT molecular complexity index is 53.4. The molecule has 0 aromatic carbocycles. The number of rotatable bonds is 2. The molecule has 0 saturated carbocycles. The van der Waals surface area contributed by atoms with E-state index in [2.05, 4.69) is 21.1 Å². The Balaban J connectivity index is -0.000000180. The minimum absolute atomic E-state index is 0. The van der Waals surface area contributed by atoms with Gasteiger partial charge in [0.15, 0.2) is 0 Å². The second-order valence-electron chi connectivity index (χ2n) is 2.74. The fourth-order valence-electron chi connectivity index (χ4n) is 0.300. The van der Waals surface area contributed by atoms with Crippen LogP contribution in [0.2, 0.25) is 0 Å². The summed E-state index contributed by atoms with van der Waals surface area (Å²) < 4.78 is 0.844. The van der Waals surface area contributed by atoms with E-state index in [1.54, 1.807) is 0 Å². The molecule has 4 heteroatoms. The van der Waals surface area contributed by atoms with Crippen LogP contribution in [0.5, 0.6) is 0 Å². The van der Waals surface area contributed by atoms with Crippen molar-refractivity contribution in [3.63, 3.8) is 0 Å². The van der Waals surface area contributed by atoms with Crippen molar-refractivity contribution >= 4 is 0 Å². The Kier molecular flexibility index (Phi) is 13.7. The summed E-state index contributed by atoms with van der Waals surface area (Å²) in [6.45, 7) is 1.11. The first kappa shape index (κ1) is 16.7. The van der Waals surface area contributed by atoms with Gasteiger partial charge in [0, 0.05) is 41.7 Å². The van der Waals surface area contributed by atoms with Crippen molar-refractivity contribution in [1.82, 2.24) is 0 Å². The minimum Gasteiger partial charge on any atom is -0.870 e. The molecule has 0 fully saturated rings. The Morgan fingerprint density at radius 1 is 1.22 bits per heavy atom. The molecule has 0 rings (SSSR count). The van der Waals surface area contributed by atoms with Gasteiger partial charge < -0.3 is 15.1 Å². The van der Waals surface area contributed by atoms with Gasteiger partial charge in [-0.3, -0.25) is 0 Å². The molecule has 0 aromatic rings. The Morgan fingerprint density at radius 2 is 1.56 bits per heavy atom. The van der Waals surface area contributed by atoms with Crippen molar-refractivity contribution < 1.29 is 56.8 Å². The van der Waals surface area contributed by atoms with E-state index in [0.29, 0.717) is 0 Å². The first-order chi connectivity index (χ1) is 3.06. The van der Waals surface area contributed by atoms with Crippen LogP contribution in [0.4, 0.5) is 0 Å². The van der Waals surface area contributed by atoms with Gasteiger partial charge in [-0.05, 0) is 0 Å². The molecule has 0 heterocycles. The zero-order valence-electron chi connectivity index (χ0n) is 6.26. The molecule has 3 nitrogen and oxygen atoms in total. The van der Waals surface area contributed by atoms with E-state index < -0.39 is 0 Å². The van der Waals surface area contributed by atoms with Gasteiger partial charge >= 0.3 is 0 Å². The fourth-order valence-corrected chi connectivity index (χ4v) is 0.300. The maximum atomic E-state index is 8.39. The van der Waals surface area contributed by atoms with Gasteiger partial charge in [-0.15, -0.1) is 0 Å². The molecule has 0 unspecified atom stereocenters. The van der Waals surface area contributed by atoms with E-state index in [1.165, 1.54) is 0 Å². The number of hydrogen-bond donors (Lipinski definition) is 1. The van der Waals surface area contributed by atoms with Crippen molar-refractivity contribution in [3.8, 4) is 0 Å². The van der Waals surface area contributed by atoms with Crippen molar-refractivity contribution in [2.75, 3.05) is 34.3 Å². The van der Waals surface area contributed by atoms with Crippen LogP contribution >= 0.6 is 0 Å². The van der Waals surface area contributed by atoms with E-state index in [4.69, 9.17) is 5.11 Å². The van der Waals surface area contributed by atoms with Crippen molar-refractivity contribution in [2.45, 2.75) is 0 Å². The third-order valence-corrected chi connectivity index (χ3v) is 0.771. The zero-order chi connectivity index (χ0) is 5.91. The Morgan fingerprint density at radius 3 is 1.56 bits per heavy atom. The number of quaternary nitrogens is 1. The summed E-state index contributed by atoms with van der Waals surface area (Å²) in [5.41, 5.74) is 0. The predicted molar refractivity (Wildman–Crippen MR) is 31.9 cm³/mol. The standard InChI is InChI=1S/C5H14NO.Ce.H2O/c1-6(2,3)4-5-7;;/h7H,4-5H2,1-3H3;;1H2/q+1;;/p-1. The van der Waals surface area contributed by atoms with Crippen LogP contribution in [0.3, 0.4) is 0 Å². The van der Waals surface area contributed by atoms with E-state index >= 15 is 0 Å². The molecule has 2 N–H and O–H groups in total. The molecule has 0 bridgehead atoms. The first-order valence-electron chi connectivity index (χ1n) is 2.47. The third-order valence-electron chi connectivity index (χ3n) is 0.771. The van der Waals surface area contributed by atoms with Gasteiger partial charge in [0.25, 0.3) is 0 Å². The molecular weight excluding hydrogens is 246 g/mol. The van der Waals surface area contributed by atoms with Gasteiger partial charge in [-0.1, -0.05) is 0 Å². The summed E-state index contributed by atoms with van der Waals surface area (Å²) >= 11 is 0. The van der Waals surface area contributed by atoms with Crippen molar-refractivity contribution in [1.29, 1.82) is 0 Å². The summed E-state index contributed by atoms with van der Waals surface area (Å²) in [6.07, 6.45) is 0. The number of likely N-dealkylation sites (N-methyl/N-ethyl adjacent to an activating group) is 1. The summed E-state index contributed by atoms with van der Waals surface area (Å²) in [6, 6.07) is 0. The SMILES string of the molecule is C[N+](C)(C)CCO.[Ce].[OH-]. The van der Waals surface area contributed by atoms with Crippen LogP contribution in [0.15, 0.2) is 0 Å². The Hall–Kier alpha value is 1.26. The molecule has 0 spiro atoms. The quantitative estimate of drug-likeness (QED) is 0.682. The monoisotopic (exact) mass is 261 g/mol. The van der Waals surface area contributed by atoms with Crippen molar-refractivity contribution in [2.24, 2.45) is 0 Å². The molecule has 0 atom stereocenters. The number of aliphatic hydroxyl groups is 1. The van der Waals surface area contributed by atoms with Gasteiger partial charge in [0.1, 0.15) is 6.54 Å². The van der Waals surface area contributed by atoms with Gasteiger partial charge in [-0.2, -0.15) is 0 Å². The van der Waals surface area contributed by atoms with Crippen LogP contribution in [0.1, 0.15) is 0 Å². The topological polar surface area (TPSA) is 50.2 Å². The van der Waals surface area contributed by atoms with E-state index in [0.717, 1.165) is 11.0 Å². The molecule has 0 aliphatic carbocycles. The van der Waals surface area contributed by atoms with Crippen molar-refractivity contribution in [3.05, 3.63) is 0 Å². The van der Waals surface area contributed by atoms with Crippen LogP contribution in [0.25, 0.3) is 0 Å². The summed E-state index contributed by atoms with van der Waals surface area (Å²) in [5, 5.41) is 8.39. The number of hydrogen-bond acceptors (Lipinski definition) is 2. The van der Waals surface area contributed by atoms with Crippen LogP contribution in [-0.2, 0) is 0 Å². The zero-order valence-corrected chi connectivity index (χ0v) is 9.40. The second-order valence-corrected chi connectivity index (χ2v) is 2.74. The average Bonchev–Trinajstić information content (AvgIpc) is 1.30. The maximum Gasteiger partial charge on any atom is 0.101 e. The van der Waals surface area contributed by atoms with E-state index in [1.807, 2.05) is 0 Å². The van der Waals surface area contributed by atoms with E-state index in [-0.39, 0.29) is 53.8 Å². The van der Waals surface area contributed by atoms with Crippen LogP contribution < -0.4 is 0 Å². The Labute approximate surface area is 90.3 Å². The second kappa shape index (κ2) is 7.36. The average molecular weight is 261 g/mol. The van der Waals surface area contributed by atoms with E-state index in [9.17, 15) is 0 Å². The van der Waals surface area contributed by atoms with Crippen LogP contribution in [0, 0.1) is 41.7 Å². The summed E-state index contributed by atoms with van der Waals surface area (Å²) in [4.78, 5) is 0. The fraction of sp³-hybridized carbons (Fsp3) is 1.00. The molecule has 0 aliphatic heterocycles. The molecule has 56 valence electrons. The van der Waals surface area contributed by atoms with Gasteiger partial charge in [0.05, 0.1) is 27.7 Å². The summed E-state index contributed by atoms with van der Waals surface area (Å²) in [5.74, 6) is 0. The molecular formula is C5H15CeNO2. The molecule has 0 saturated heterocycles. The van der Waals surface area contributed by atoms with Crippen LogP contribution in [-0.4, -0.2) is 49.4 Å². The number of aliphatic hydroxyl groups excluding tert-OH is 1. The molecule has 0 aromatic heterocycles. The van der Waals surface area contributed by atoms with Gasteiger partial charge in [0.2, 0.25) is 0 Å². The molecule has 0 radical (unpaired) electrons.